The van der Waals surface area contributed by atoms with Gasteiger partial charge in [-0.15, -0.1) is 11.8 Å². The number of amides is 1. The third kappa shape index (κ3) is 7.91. The molecule has 0 spiro atoms. The molecule has 6 nitrogen and oxygen atoms in total. The zero-order chi connectivity index (χ0) is 21.8. The maximum Gasteiger partial charge on any atom is 0.269 e. The van der Waals surface area contributed by atoms with Gasteiger partial charge in [0.1, 0.15) is 5.75 Å². The summed E-state index contributed by atoms with van der Waals surface area (Å²) < 4.78 is 5.44. The second kappa shape index (κ2) is 12.7. The van der Waals surface area contributed by atoms with E-state index in [1.54, 1.807) is 37.1 Å². The highest BCUT2D eigenvalue weighted by molar-refractivity contribution is 7.99. The van der Waals surface area contributed by atoms with Crippen molar-refractivity contribution < 1.29 is 14.5 Å². The molecule has 0 aliphatic rings. The van der Waals surface area contributed by atoms with Crippen molar-refractivity contribution in [1.29, 1.82) is 0 Å². The van der Waals surface area contributed by atoms with Crippen molar-refractivity contribution in [3.63, 3.8) is 0 Å². The summed E-state index contributed by atoms with van der Waals surface area (Å²) >= 11 is 1.77. The van der Waals surface area contributed by atoms with Crippen molar-refractivity contribution in [2.45, 2.75) is 37.5 Å². The smallest absolute Gasteiger partial charge is 0.269 e. The number of nitro groups is 1. The summed E-state index contributed by atoms with van der Waals surface area (Å²) in [4.78, 5) is 23.4. The number of thioether (sulfide) groups is 1. The minimum absolute atomic E-state index is 0.0631. The van der Waals surface area contributed by atoms with Crippen LogP contribution in [-0.4, -0.2) is 30.2 Å². The number of carbonyl (C=O) groups excluding carboxylic acids is 1. The predicted octanol–water partition coefficient (Wildman–Crippen LogP) is 5.26. The number of carbonyl (C=O) groups is 1. The van der Waals surface area contributed by atoms with Gasteiger partial charge in [0.25, 0.3) is 5.69 Å². The lowest BCUT2D eigenvalue weighted by molar-refractivity contribution is -0.384. The second-order valence-electron chi connectivity index (χ2n) is 6.76. The first-order valence-corrected chi connectivity index (χ1v) is 11.0. The zero-order valence-electron chi connectivity index (χ0n) is 17.4. The van der Waals surface area contributed by atoms with Gasteiger partial charge in [-0.25, -0.2) is 0 Å². The van der Waals surface area contributed by atoms with Gasteiger partial charge in [0.2, 0.25) is 5.91 Å². The molecule has 0 atom stereocenters. The van der Waals surface area contributed by atoms with Crippen LogP contribution in [0.2, 0.25) is 0 Å². The molecule has 160 valence electrons. The zero-order valence-corrected chi connectivity index (χ0v) is 18.2. The highest BCUT2D eigenvalue weighted by Gasteiger charge is 2.06. The van der Waals surface area contributed by atoms with Gasteiger partial charge in [0.05, 0.1) is 12.0 Å². The van der Waals surface area contributed by atoms with Crippen molar-refractivity contribution in [1.82, 2.24) is 5.32 Å². The van der Waals surface area contributed by atoms with Crippen LogP contribution in [0.5, 0.6) is 5.75 Å². The minimum Gasteiger partial charge on any atom is -0.496 e. The molecular formula is C23H28N2O4S. The monoisotopic (exact) mass is 428 g/mol. The highest BCUT2D eigenvalue weighted by Crippen LogP contribution is 2.31. The fourth-order valence-corrected chi connectivity index (χ4v) is 3.87. The van der Waals surface area contributed by atoms with E-state index in [1.807, 2.05) is 18.2 Å². The summed E-state index contributed by atoms with van der Waals surface area (Å²) in [5, 5.41) is 13.5. The topological polar surface area (TPSA) is 81.5 Å². The molecule has 1 amide bonds. The van der Waals surface area contributed by atoms with Gasteiger partial charge < -0.3 is 10.1 Å². The molecule has 1 N–H and O–H groups in total. The van der Waals surface area contributed by atoms with Crippen molar-refractivity contribution in [3.05, 3.63) is 69.8 Å². The number of methoxy groups -OCH3 is 1. The largest absolute Gasteiger partial charge is 0.496 e. The van der Waals surface area contributed by atoms with Crippen LogP contribution in [0, 0.1) is 10.1 Å². The van der Waals surface area contributed by atoms with Gasteiger partial charge in [0, 0.05) is 29.6 Å². The Bertz CT molecular complexity index is 866. The lowest BCUT2D eigenvalue weighted by Crippen LogP contribution is -2.23. The summed E-state index contributed by atoms with van der Waals surface area (Å²) in [6, 6.07) is 12.2. The number of benzene rings is 2. The van der Waals surface area contributed by atoms with E-state index in [0.29, 0.717) is 13.0 Å². The van der Waals surface area contributed by atoms with Gasteiger partial charge in [-0.2, -0.15) is 0 Å². The molecule has 2 aromatic rings. The summed E-state index contributed by atoms with van der Waals surface area (Å²) in [6.07, 6.45) is 7.49. The number of nitrogens with zero attached hydrogens (tertiary/aromatic N) is 1. The van der Waals surface area contributed by atoms with E-state index in [9.17, 15) is 14.9 Å². The van der Waals surface area contributed by atoms with E-state index in [-0.39, 0.29) is 11.6 Å². The van der Waals surface area contributed by atoms with Crippen LogP contribution in [0.25, 0.3) is 6.08 Å². The minimum atomic E-state index is -0.426. The third-order valence-corrected chi connectivity index (χ3v) is 5.60. The van der Waals surface area contributed by atoms with Crippen LogP contribution in [0.15, 0.2) is 53.4 Å². The van der Waals surface area contributed by atoms with E-state index >= 15 is 0 Å². The van der Waals surface area contributed by atoms with E-state index in [4.69, 9.17) is 4.74 Å². The molecule has 0 heterocycles. The van der Waals surface area contributed by atoms with Gasteiger partial charge in [0.15, 0.2) is 0 Å². The van der Waals surface area contributed by atoms with Crippen molar-refractivity contribution >= 4 is 29.4 Å². The van der Waals surface area contributed by atoms with Crippen LogP contribution in [0.3, 0.4) is 0 Å². The summed E-state index contributed by atoms with van der Waals surface area (Å²) in [5.41, 5.74) is 1.94. The Balaban J connectivity index is 1.85. The second-order valence-corrected chi connectivity index (χ2v) is 7.90. The van der Waals surface area contributed by atoms with Gasteiger partial charge in [-0.3, -0.25) is 14.9 Å². The third-order valence-electron chi connectivity index (χ3n) is 4.48. The normalized spacial score (nSPS) is 10.9. The molecular weight excluding hydrogens is 400 g/mol. The molecule has 0 unspecified atom stereocenters. The van der Waals surface area contributed by atoms with E-state index in [1.165, 1.54) is 37.5 Å². The van der Waals surface area contributed by atoms with Crippen molar-refractivity contribution in [3.8, 4) is 5.75 Å². The Kier molecular flexibility index (Phi) is 9.94. The Labute approximate surface area is 181 Å². The molecule has 30 heavy (non-hydrogen) atoms. The highest BCUT2D eigenvalue weighted by atomic mass is 32.2. The first-order valence-electron chi connectivity index (χ1n) is 10.0. The first-order chi connectivity index (χ1) is 14.5. The van der Waals surface area contributed by atoms with E-state index in [0.717, 1.165) is 27.5 Å². The molecule has 0 aromatic heterocycles. The molecule has 2 aromatic carbocycles. The molecule has 7 heteroatoms. The number of hydrogen-bond acceptors (Lipinski definition) is 5. The lowest BCUT2D eigenvalue weighted by Gasteiger charge is -2.09. The Morgan fingerprint density at radius 3 is 2.63 bits per heavy atom. The van der Waals surface area contributed by atoms with Crippen molar-refractivity contribution in [2.75, 3.05) is 19.4 Å². The predicted molar refractivity (Wildman–Crippen MR) is 122 cm³/mol. The molecule has 0 aliphatic heterocycles. The Hall–Kier alpha value is -2.80. The number of rotatable bonds is 12. The van der Waals surface area contributed by atoms with Crippen LogP contribution >= 0.6 is 11.8 Å². The molecule has 0 saturated carbocycles. The van der Waals surface area contributed by atoms with Gasteiger partial charge in [-0.1, -0.05) is 38.0 Å². The number of nitrogens with one attached hydrogen (secondary N) is 1. The van der Waals surface area contributed by atoms with Gasteiger partial charge in [-0.05, 0) is 47.9 Å². The standard InChI is InChI=1S/C23H28N2O4S/c1-3-4-5-16-30-22-17-19(8-12-21(22)29-2)9-13-23(26)24-15-14-18-6-10-20(11-7-18)25(27)28/h6-13,17H,3-5,14-16H2,1-2H3,(H,24,26)/b13-9+. The molecule has 0 radical (unpaired) electrons. The Morgan fingerprint density at radius 1 is 1.20 bits per heavy atom. The van der Waals surface area contributed by atoms with E-state index in [2.05, 4.69) is 12.2 Å². The number of hydrogen-bond donors (Lipinski definition) is 1. The van der Waals surface area contributed by atoms with Crippen LogP contribution in [0.1, 0.15) is 37.3 Å². The fraction of sp³-hybridized carbons (Fsp3) is 0.348. The maximum atomic E-state index is 12.1. The number of non-ortho nitro benzene ring substituents is 1. The van der Waals surface area contributed by atoms with Crippen LogP contribution in [0.4, 0.5) is 5.69 Å². The molecule has 2 rings (SSSR count). The number of nitro benzene ring substituents is 1. The lowest BCUT2D eigenvalue weighted by atomic mass is 10.1. The average Bonchev–Trinajstić information content (AvgIpc) is 2.75. The average molecular weight is 429 g/mol. The molecule has 0 fully saturated rings. The fourth-order valence-electron chi connectivity index (χ4n) is 2.79. The van der Waals surface area contributed by atoms with E-state index < -0.39 is 4.92 Å². The first kappa shape index (κ1) is 23.5. The van der Waals surface area contributed by atoms with Crippen LogP contribution in [-0.2, 0) is 11.2 Å². The van der Waals surface area contributed by atoms with Crippen LogP contribution < -0.4 is 10.1 Å². The molecule has 0 bridgehead atoms. The number of ether oxygens (including phenoxy) is 1. The summed E-state index contributed by atoms with van der Waals surface area (Å²) in [5.74, 6) is 1.71. The summed E-state index contributed by atoms with van der Waals surface area (Å²) in [6.45, 7) is 2.65. The Morgan fingerprint density at radius 2 is 1.97 bits per heavy atom. The maximum absolute atomic E-state index is 12.1. The molecule has 0 aliphatic carbocycles. The number of unbranched alkanes of at least 4 members (excludes halogenated alkanes) is 2. The SMILES string of the molecule is CCCCCSc1cc(/C=C/C(=O)NCCc2ccc([N+](=O)[O-])cc2)ccc1OC. The van der Waals surface area contributed by atoms with Gasteiger partial charge >= 0.3 is 0 Å². The van der Waals surface area contributed by atoms with Crippen molar-refractivity contribution in [2.24, 2.45) is 0 Å². The quantitative estimate of drug-likeness (QED) is 0.164. The summed E-state index contributed by atoms with van der Waals surface area (Å²) in [7, 11) is 1.67. The molecule has 0 saturated heterocycles.